The summed E-state index contributed by atoms with van der Waals surface area (Å²) in [7, 11) is 1.68. The van der Waals surface area contributed by atoms with Crippen LogP contribution in [0.25, 0.3) is 21.8 Å². The molecule has 1 heterocycles. The van der Waals surface area contributed by atoms with E-state index in [1.807, 2.05) is 0 Å². The lowest BCUT2D eigenvalue weighted by Gasteiger charge is -2.08. The van der Waals surface area contributed by atoms with Crippen molar-refractivity contribution >= 4 is 53.7 Å². The molecule has 110 valence electrons. The lowest BCUT2D eigenvalue weighted by atomic mass is 10.2. The molecule has 0 bridgehead atoms. The van der Waals surface area contributed by atoms with Crippen molar-refractivity contribution in [3.63, 3.8) is 0 Å². The number of nitrogens with zero attached hydrogens (tertiary/aromatic N) is 1. The van der Waals surface area contributed by atoms with E-state index in [0.717, 1.165) is 8.95 Å². The summed E-state index contributed by atoms with van der Waals surface area (Å²) in [6.45, 7) is 1.71. The van der Waals surface area contributed by atoms with Gasteiger partial charge in [0.2, 0.25) is 0 Å². The van der Waals surface area contributed by atoms with E-state index in [0.29, 0.717) is 19.9 Å². The lowest BCUT2D eigenvalue weighted by molar-refractivity contribution is 0.0377. The second-order valence-corrected chi connectivity index (χ2v) is 6.61. The fourth-order valence-corrected chi connectivity index (χ4v) is 3.21. The number of rotatable bonds is 5. The third-order valence-corrected chi connectivity index (χ3v) is 4.43. The number of benzene rings is 2. The van der Waals surface area contributed by atoms with E-state index in [4.69, 9.17) is 9.47 Å². The Morgan fingerprint density at radius 3 is 2.00 bits per heavy atom. The van der Waals surface area contributed by atoms with Gasteiger partial charge in [0.25, 0.3) is 0 Å². The predicted octanol–water partition coefficient (Wildman–Crippen LogP) is 4.94. The first-order chi connectivity index (χ1) is 10.2. The van der Waals surface area contributed by atoms with E-state index in [2.05, 4.69) is 72.8 Å². The van der Waals surface area contributed by atoms with E-state index in [1.165, 1.54) is 21.8 Å². The van der Waals surface area contributed by atoms with Crippen molar-refractivity contribution in [3.8, 4) is 0 Å². The molecule has 3 nitrogen and oxygen atoms in total. The highest BCUT2D eigenvalue weighted by Crippen LogP contribution is 2.32. The monoisotopic (exact) mass is 411 g/mol. The Labute approximate surface area is 140 Å². The van der Waals surface area contributed by atoms with Crippen molar-refractivity contribution in [2.45, 2.75) is 6.73 Å². The van der Waals surface area contributed by atoms with Crippen LogP contribution in [0.1, 0.15) is 0 Å². The van der Waals surface area contributed by atoms with Gasteiger partial charge in [-0.1, -0.05) is 31.9 Å². The van der Waals surface area contributed by atoms with Crippen molar-refractivity contribution in [3.05, 3.63) is 45.3 Å². The Morgan fingerprint density at radius 1 is 0.905 bits per heavy atom. The summed E-state index contributed by atoms with van der Waals surface area (Å²) in [6.07, 6.45) is 0. The molecule has 0 aliphatic carbocycles. The Balaban J connectivity index is 2.11. The summed E-state index contributed by atoms with van der Waals surface area (Å²) in [5, 5.41) is 2.44. The molecule has 0 saturated heterocycles. The van der Waals surface area contributed by atoms with Gasteiger partial charge in [0, 0.05) is 26.8 Å². The first-order valence-corrected chi connectivity index (χ1v) is 8.23. The maximum Gasteiger partial charge on any atom is 0.123 e. The first kappa shape index (κ1) is 15.0. The van der Waals surface area contributed by atoms with Crippen molar-refractivity contribution in [2.75, 3.05) is 20.3 Å². The predicted molar refractivity (Wildman–Crippen MR) is 92.7 cm³/mol. The number of hydrogen-bond donors (Lipinski definition) is 0. The van der Waals surface area contributed by atoms with Crippen molar-refractivity contribution < 1.29 is 9.47 Å². The van der Waals surface area contributed by atoms with Gasteiger partial charge in [-0.05, 0) is 36.4 Å². The molecule has 2 aromatic carbocycles. The van der Waals surface area contributed by atoms with Gasteiger partial charge in [0.15, 0.2) is 0 Å². The Hall–Kier alpha value is -0.880. The smallest absolute Gasteiger partial charge is 0.123 e. The minimum Gasteiger partial charge on any atom is -0.382 e. The molecule has 0 radical (unpaired) electrons. The average Bonchev–Trinajstić information content (AvgIpc) is 2.77. The highest BCUT2D eigenvalue weighted by atomic mass is 79.9. The maximum atomic E-state index is 5.71. The largest absolute Gasteiger partial charge is 0.382 e. The Kier molecular flexibility index (Phi) is 4.64. The van der Waals surface area contributed by atoms with Gasteiger partial charge in [-0.3, -0.25) is 0 Å². The number of aromatic nitrogens is 1. The molecule has 0 fully saturated rings. The third kappa shape index (κ3) is 3.01. The van der Waals surface area contributed by atoms with Gasteiger partial charge in [0.1, 0.15) is 6.73 Å². The molecule has 3 rings (SSSR count). The van der Waals surface area contributed by atoms with Gasteiger partial charge in [0.05, 0.1) is 24.2 Å². The van der Waals surface area contributed by atoms with E-state index >= 15 is 0 Å². The molecular weight excluding hydrogens is 398 g/mol. The lowest BCUT2D eigenvalue weighted by Crippen LogP contribution is -2.06. The summed E-state index contributed by atoms with van der Waals surface area (Å²) in [4.78, 5) is 0. The van der Waals surface area contributed by atoms with Crippen molar-refractivity contribution in [1.29, 1.82) is 0 Å². The number of ether oxygens (including phenoxy) is 2. The Morgan fingerprint density at radius 2 is 1.48 bits per heavy atom. The van der Waals surface area contributed by atoms with Crippen molar-refractivity contribution in [1.82, 2.24) is 4.57 Å². The molecule has 0 aliphatic rings. The van der Waals surface area contributed by atoms with Crippen LogP contribution in [0.15, 0.2) is 45.3 Å². The van der Waals surface area contributed by atoms with Crippen molar-refractivity contribution in [2.24, 2.45) is 0 Å². The van der Waals surface area contributed by atoms with E-state index in [1.54, 1.807) is 7.11 Å². The molecule has 0 N–H and O–H groups in total. The van der Waals surface area contributed by atoms with E-state index in [-0.39, 0.29) is 0 Å². The SMILES string of the molecule is COCCOCn1c2ccc(Br)cc2c2cc(Br)ccc21. The zero-order valence-corrected chi connectivity index (χ0v) is 14.8. The summed E-state index contributed by atoms with van der Waals surface area (Å²) < 4.78 is 15.1. The zero-order valence-electron chi connectivity index (χ0n) is 11.6. The van der Waals surface area contributed by atoms with Crippen LogP contribution in [0.2, 0.25) is 0 Å². The molecule has 0 amide bonds. The summed E-state index contributed by atoms with van der Waals surface area (Å²) in [5.41, 5.74) is 2.34. The van der Waals surface area contributed by atoms with Gasteiger partial charge >= 0.3 is 0 Å². The minimum absolute atomic E-state index is 0.520. The van der Waals surface area contributed by atoms with Crippen LogP contribution < -0.4 is 0 Å². The minimum atomic E-state index is 0.520. The zero-order chi connectivity index (χ0) is 14.8. The van der Waals surface area contributed by atoms with Crippen LogP contribution in [0.5, 0.6) is 0 Å². The number of fused-ring (bicyclic) bond motifs is 3. The molecule has 0 saturated carbocycles. The van der Waals surface area contributed by atoms with Gasteiger partial charge in [-0.15, -0.1) is 0 Å². The second-order valence-electron chi connectivity index (χ2n) is 4.78. The number of hydrogen-bond acceptors (Lipinski definition) is 2. The summed E-state index contributed by atoms with van der Waals surface area (Å²) in [5.74, 6) is 0. The molecule has 3 aromatic rings. The molecule has 1 aromatic heterocycles. The first-order valence-electron chi connectivity index (χ1n) is 6.64. The molecule has 0 unspecified atom stereocenters. The molecule has 21 heavy (non-hydrogen) atoms. The topological polar surface area (TPSA) is 23.4 Å². The van der Waals surface area contributed by atoms with E-state index < -0.39 is 0 Å². The average molecular weight is 413 g/mol. The van der Waals surface area contributed by atoms with Gasteiger partial charge in [-0.25, -0.2) is 0 Å². The van der Waals surface area contributed by atoms with E-state index in [9.17, 15) is 0 Å². The van der Waals surface area contributed by atoms with Gasteiger partial charge < -0.3 is 14.0 Å². The fourth-order valence-electron chi connectivity index (χ4n) is 2.49. The van der Waals surface area contributed by atoms with Crippen LogP contribution in [-0.2, 0) is 16.2 Å². The fraction of sp³-hybridized carbons (Fsp3) is 0.250. The highest BCUT2D eigenvalue weighted by Gasteiger charge is 2.11. The van der Waals surface area contributed by atoms with Crippen LogP contribution in [0, 0.1) is 0 Å². The standard InChI is InChI=1S/C16H15Br2NO2/c1-20-6-7-21-10-19-15-4-2-11(17)8-13(15)14-9-12(18)3-5-16(14)19/h2-5,8-9H,6-7,10H2,1H3. The molecule has 0 aliphatic heterocycles. The number of halogens is 2. The van der Waals surface area contributed by atoms with Crippen LogP contribution >= 0.6 is 31.9 Å². The molecule has 0 spiro atoms. The molecule has 0 atom stereocenters. The third-order valence-electron chi connectivity index (χ3n) is 3.44. The quantitative estimate of drug-likeness (QED) is 0.554. The van der Waals surface area contributed by atoms with Crippen LogP contribution in [-0.4, -0.2) is 24.9 Å². The number of methoxy groups -OCH3 is 1. The molecular formula is C16H15Br2NO2. The summed E-state index contributed by atoms with van der Waals surface area (Å²) in [6, 6.07) is 12.6. The van der Waals surface area contributed by atoms with Crippen LogP contribution in [0.4, 0.5) is 0 Å². The van der Waals surface area contributed by atoms with Gasteiger partial charge in [-0.2, -0.15) is 0 Å². The maximum absolute atomic E-state index is 5.71. The Bertz CT molecular complexity index is 723. The normalized spacial score (nSPS) is 11.6. The second kappa shape index (κ2) is 6.48. The van der Waals surface area contributed by atoms with Crippen LogP contribution in [0.3, 0.4) is 0 Å². The highest BCUT2D eigenvalue weighted by molar-refractivity contribution is 9.10. The summed E-state index contributed by atoms with van der Waals surface area (Å²) >= 11 is 7.10. The molecule has 5 heteroatoms.